The molecule has 0 amide bonds. The number of aryl methyl sites for hydroxylation is 3. The minimum atomic E-state index is -0.908. The molecule has 0 fully saturated rings. The number of imidazole rings is 1. The molecular weight excluding hydrogens is 372 g/mol. The van der Waals surface area contributed by atoms with Crippen molar-refractivity contribution in [1.29, 1.82) is 0 Å². The molecule has 4 nitrogen and oxygen atoms in total. The van der Waals surface area contributed by atoms with Gasteiger partial charge in [0.25, 0.3) is 0 Å². The normalized spacial score (nSPS) is 11.2. The zero-order chi connectivity index (χ0) is 21.3. The molecule has 0 aliphatic rings. The molecule has 0 saturated heterocycles. The molecule has 0 aliphatic heterocycles. The summed E-state index contributed by atoms with van der Waals surface area (Å²) in [6, 6.07) is 19.7. The minimum absolute atomic E-state index is 0.321. The van der Waals surface area contributed by atoms with Crippen molar-refractivity contribution in [3.63, 3.8) is 0 Å². The highest BCUT2D eigenvalue weighted by molar-refractivity contribution is 5.96. The van der Waals surface area contributed by atoms with E-state index in [0.29, 0.717) is 5.56 Å². The summed E-state index contributed by atoms with van der Waals surface area (Å²) in [5.41, 5.74) is 7.85. The van der Waals surface area contributed by atoms with E-state index in [4.69, 9.17) is 4.98 Å². The van der Waals surface area contributed by atoms with Gasteiger partial charge in [0.2, 0.25) is 0 Å². The maximum absolute atomic E-state index is 11.5. The largest absolute Gasteiger partial charge is 0.478 e. The van der Waals surface area contributed by atoms with Crippen molar-refractivity contribution in [2.75, 3.05) is 0 Å². The Balaban J connectivity index is 1.71. The van der Waals surface area contributed by atoms with Crippen molar-refractivity contribution >= 4 is 17.0 Å². The third-order valence-corrected chi connectivity index (χ3v) is 5.50. The van der Waals surface area contributed by atoms with Crippen LogP contribution in [-0.2, 0) is 13.0 Å². The summed E-state index contributed by atoms with van der Waals surface area (Å²) in [6.07, 6.45) is 1.99. The first-order valence-electron chi connectivity index (χ1n) is 10.4. The SMILES string of the molecule is CCCc1nc2c(C)cc(C)cc2n1Cc1ccc(-c2ccccc2C(=O)O)cc1. The Morgan fingerprint density at radius 3 is 2.47 bits per heavy atom. The Morgan fingerprint density at radius 1 is 1.03 bits per heavy atom. The van der Waals surface area contributed by atoms with Crippen LogP contribution in [0.15, 0.2) is 60.7 Å². The number of aromatic carboxylic acids is 1. The van der Waals surface area contributed by atoms with Crippen molar-refractivity contribution in [2.24, 2.45) is 0 Å². The predicted molar refractivity (Wildman–Crippen MR) is 121 cm³/mol. The van der Waals surface area contributed by atoms with E-state index in [9.17, 15) is 9.90 Å². The smallest absolute Gasteiger partial charge is 0.336 e. The Kier molecular flexibility index (Phi) is 5.40. The van der Waals surface area contributed by atoms with Crippen LogP contribution in [0.2, 0.25) is 0 Å². The number of carboxylic acids is 1. The molecule has 0 atom stereocenters. The number of hydrogen-bond acceptors (Lipinski definition) is 2. The molecule has 3 aromatic carbocycles. The van der Waals surface area contributed by atoms with Crippen LogP contribution in [0.1, 0.15) is 46.2 Å². The summed E-state index contributed by atoms with van der Waals surface area (Å²) >= 11 is 0. The first-order valence-corrected chi connectivity index (χ1v) is 10.4. The number of rotatable bonds is 6. The number of nitrogens with zero attached hydrogens (tertiary/aromatic N) is 2. The predicted octanol–water partition coefficient (Wildman–Crippen LogP) is 6.02. The molecule has 1 heterocycles. The average Bonchev–Trinajstić information content (AvgIpc) is 3.06. The van der Waals surface area contributed by atoms with Gasteiger partial charge in [-0.15, -0.1) is 0 Å². The molecule has 30 heavy (non-hydrogen) atoms. The Labute approximate surface area is 176 Å². The summed E-state index contributed by atoms with van der Waals surface area (Å²) in [5.74, 6) is 0.205. The van der Waals surface area contributed by atoms with Crippen LogP contribution in [0.4, 0.5) is 0 Å². The fourth-order valence-electron chi connectivity index (χ4n) is 4.10. The van der Waals surface area contributed by atoms with Crippen LogP contribution in [-0.4, -0.2) is 20.6 Å². The maximum Gasteiger partial charge on any atom is 0.336 e. The lowest BCUT2D eigenvalue weighted by Gasteiger charge is -2.11. The molecule has 0 saturated carbocycles. The van der Waals surface area contributed by atoms with E-state index in [2.05, 4.69) is 49.6 Å². The molecule has 0 spiro atoms. The van der Waals surface area contributed by atoms with Gasteiger partial charge in [-0.3, -0.25) is 0 Å². The quantitative estimate of drug-likeness (QED) is 0.432. The number of carbonyl (C=O) groups is 1. The van der Waals surface area contributed by atoms with Crippen molar-refractivity contribution in [3.05, 3.63) is 88.7 Å². The zero-order valence-corrected chi connectivity index (χ0v) is 17.6. The van der Waals surface area contributed by atoms with E-state index in [1.54, 1.807) is 12.1 Å². The van der Waals surface area contributed by atoms with Gasteiger partial charge in [-0.05, 0) is 60.2 Å². The standard InChI is InChI=1S/C26H26N2O2/c1-4-7-24-27-25-18(3)14-17(2)15-23(25)28(24)16-19-10-12-20(13-11-19)21-8-5-6-9-22(21)26(29)30/h5-6,8-15H,4,7,16H2,1-3H3,(H,29,30). The summed E-state index contributed by atoms with van der Waals surface area (Å²) in [6.45, 7) is 7.17. The summed E-state index contributed by atoms with van der Waals surface area (Å²) in [4.78, 5) is 16.5. The van der Waals surface area contributed by atoms with Crippen LogP contribution in [0.25, 0.3) is 22.2 Å². The maximum atomic E-state index is 11.5. The van der Waals surface area contributed by atoms with Gasteiger partial charge in [0.15, 0.2) is 0 Å². The highest BCUT2D eigenvalue weighted by Crippen LogP contribution is 2.26. The Morgan fingerprint density at radius 2 is 1.77 bits per heavy atom. The number of aromatic nitrogens is 2. The molecule has 1 N–H and O–H groups in total. The number of carboxylic acid groups (broad SMARTS) is 1. The van der Waals surface area contributed by atoms with Gasteiger partial charge in [0, 0.05) is 13.0 Å². The Bertz CT molecular complexity index is 1220. The number of fused-ring (bicyclic) bond motifs is 1. The summed E-state index contributed by atoms with van der Waals surface area (Å²) in [5, 5.41) is 9.47. The van der Waals surface area contributed by atoms with Crippen LogP contribution in [0, 0.1) is 13.8 Å². The van der Waals surface area contributed by atoms with E-state index < -0.39 is 5.97 Å². The topological polar surface area (TPSA) is 55.1 Å². The van der Waals surface area contributed by atoms with Crippen LogP contribution in [0.5, 0.6) is 0 Å². The number of benzene rings is 3. The second kappa shape index (κ2) is 8.15. The van der Waals surface area contributed by atoms with E-state index in [1.807, 2.05) is 24.3 Å². The Hall–Kier alpha value is -3.40. The third kappa shape index (κ3) is 3.73. The second-order valence-corrected chi connectivity index (χ2v) is 7.86. The monoisotopic (exact) mass is 398 g/mol. The van der Waals surface area contributed by atoms with Crippen LogP contribution in [0.3, 0.4) is 0 Å². The van der Waals surface area contributed by atoms with Gasteiger partial charge in [-0.25, -0.2) is 9.78 Å². The van der Waals surface area contributed by atoms with Gasteiger partial charge < -0.3 is 9.67 Å². The molecule has 152 valence electrons. The third-order valence-electron chi connectivity index (χ3n) is 5.50. The minimum Gasteiger partial charge on any atom is -0.478 e. The van der Waals surface area contributed by atoms with E-state index >= 15 is 0 Å². The lowest BCUT2D eigenvalue weighted by Crippen LogP contribution is -2.05. The van der Waals surface area contributed by atoms with E-state index in [0.717, 1.165) is 41.9 Å². The van der Waals surface area contributed by atoms with Crippen molar-refractivity contribution in [2.45, 2.75) is 40.2 Å². The molecule has 4 heteroatoms. The van der Waals surface area contributed by atoms with E-state index in [-0.39, 0.29) is 0 Å². The fraction of sp³-hybridized carbons (Fsp3) is 0.231. The number of hydrogen-bond donors (Lipinski definition) is 1. The van der Waals surface area contributed by atoms with Crippen molar-refractivity contribution < 1.29 is 9.90 Å². The highest BCUT2D eigenvalue weighted by Gasteiger charge is 2.14. The highest BCUT2D eigenvalue weighted by atomic mass is 16.4. The molecule has 0 unspecified atom stereocenters. The fourth-order valence-corrected chi connectivity index (χ4v) is 4.10. The average molecular weight is 399 g/mol. The summed E-state index contributed by atoms with van der Waals surface area (Å²) in [7, 11) is 0. The van der Waals surface area contributed by atoms with Gasteiger partial charge in [0.1, 0.15) is 5.82 Å². The van der Waals surface area contributed by atoms with Crippen LogP contribution < -0.4 is 0 Å². The van der Waals surface area contributed by atoms with Gasteiger partial charge in [-0.1, -0.05) is 55.5 Å². The molecule has 0 radical (unpaired) electrons. The molecule has 4 rings (SSSR count). The van der Waals surface area contributed by atoms with E-state index in [1.165, 1.54) is 22.2 Å². The second-order valence-electron chi connectivity index (χ2n) is 7.86. The first kappa shape index (κ1) is 19.9. The zero-order valence-electron chi connectivity index (χ0n) is 17.6. The molecule has 1 aromatic heterocycles. The molecular formula is C26H26N2O2. The van der Waals surface area contributed by atoms with Gasteiger partial charge in [0.05, 0.1) is 16.6 Å². The van der Waals surface area contributed by atoms with Crippen LogP contribution >= 0.6 is 0 Å². The van der Waals surface area contributed by atoms with Gasteiger partial charge >= 0.3 is 5.97 Å². The van der Waals surface area contributed by atoms with Crippen molar-refractivity contribution in [3.8, 4) is 11.1 Å². The lowest BCUT2D eigenvalue weighted by atomic mass is 9.98. The van der Waals surface area contributed by atoms with Gasteiger partial charge in [-0.2, -0.15) is 0 Å². The van der Waals surface area contributed by atoms with Crippen molar-refractivity contribution in [1.82, 2.24) is 9.55 Å². The molecule has 0 aliphatic carbocycles. The lowest BCUT2D eigenvalue weighted by molar-refractivity contribution is 0.0697. The molecule has 0 bridgehead atoms. The summed E-state index contributed by atoms with van der Waals surface area (Å²) < 4.78 is 2.32. The molecule has 4 aromatic rings. The first-order chi connectivity index (χ1) is 14.5.